The van der Waals surface area contributed by atoms with Crippen LogP contribution in [0.1, 0.15) is 17.7 Å². The Morgan fingerprint density at radius 3 is 2.61 bits per heavy atom. The Hall–Kier alpha value is -5.10. The molecule has 0 bridgehead atoms. The van der Waals surface area contributed by atoms with Gasteiger partial charge in [-0.1, -0.05) is 6.58 Å². The van der Waals surface area contributed by atoms with Gasteiger partial charge in [-0.05, 0) is 50.1 Å². The van der Waals surface area contributed by atoms with Crippen molar-refractivity contribution in [3.63, 3.8) is 0 Å². The van der Waals surface area contributed by atoms with Crippen molar-refractivity contribution in [3.8, 4) is 28.0 Å². The molecule has 0 aliphatic carbocycles. The molecule has 0 atom stereocenters. The number of hydrogen-bond acceptors (Lipinski definition) is 10. The first-order chi connectivity index (χ1) is 21.4. The van der Waals surface area contributed by atoms with Crippen LogP contribution >= 0.6 is 11.3 Å². The minimum absolute atomic E-state index is 0.0558. The number of likely N-dealkylation sites (tertiary alicyclic amines) is 1. The molecule has 224 valence electrons. The Kier molecular flexibility index (Phi) is 8.33. The van der Waals surface area contributed by atoms with Crippen molar-refractivity contribution in [2.45, 2.75) is 25.8 Å². The van der Waals surface area contributed by atoms with Gasteiger partial charge in [-0.3, -0.25) is 9.78 Å². The van der Waals surface area contributed by atoms with E-state index in [4.69, 9.17) is 9.47 Å². The van der Waals surface area contributed by atoms with E-state index in [1.165, 1.54) is 18.5 Å². The molecule has 0 radical (unpaired) electrons. The molecule has 5 aromatic rings. The van der Waals surface area contributed by atoms with Gasteiger partial charge in [0.05, 0.1) is 24.0 Å². The number of aromatic nitrogens is 4. The number of carbonyl (C=O) groups excluding carboxylic acids is 1. The van der Waals surface area contributed by atoms with E-state index < -0.39 is 5.82 Å². The van der Waals surface area contributed by atoms with E-state index in [2.05, 4.69) is 37.1 Å². The highest BCUT2D eigenvalue weighted by atomic mass is 32.1. The van der Waals surface area contributed by atoms with E-state index in [0.29, 0.717) is 52.8 Å². The standard InChI is InChI=1S/C32H30FN7O3S/c1-4-30(41)40-11-8-20(9-12-40)38-27-15-23-26(16-29(27)42-3)36-18-37-31(23)39-25-6-5-21(13-24(25)33)43-22-7-10-34-28(14-22)32-35-17-19(2)44-32/h4-7,10,13-18,20,38H,1,8-9,11-12H2,2-3H3,(H,36,37,39). The van der Waals surface area contributed by atoms with E-state index in [0.717, 1.165) is 28.4 Å². The van der Waals surface area contributed by atoms with Gasteiger partial charge >= 0.3 is 0 Å². The molecule has 3 aromatic heterocycles. The molecule has 44 heavy (non-hydrogen) atoms. The number of thiazole rings is 1. The SMILES string of the molecule is C=CC(=O)N1CCC(Nc2cc3c(Nc4ccc(Oc5ccnc(-c6ncc(C)s6)c5)cc4F)ncnc3cc2OC)CC1. The van der Waals surface area contributed by atoms with Crippen LogP contribution in [0.3, 0.4) is 0 Å². The van der Waals surface area contributed by atoms with Crippen LogP contribution in [0.5, 0.6) is 17.2 Å². The van der Waals surface area contributed by atoms with E-state index in [9.17, 15) is 4.79 Å². The zero-order valence-electron chi connectivity index (χ0n) is 24.2. The molecule has 2 aromatic carbocycles. The summed E-state index contributed by atoms with van der Waals surface area (Å²) in [6, 6.07) is 12.0. The number of halogens is 1. The zero-order valence-corrected chi connectivity index (χ0v) is 25.0. The van der Waals surface area contributed by atoms with Gasteiger partial charge in [0.1, 0.15) is 45.9 Å². The quantitative estimate of drug-likeness (QED) is 0.175. The Bertz CT molecular complexity index is 1840. The molecule has 1 saturated heterocycles. The maximum atomic E-state index is 15.3. The van der Waals surface area contributed by atoms with Gasteiger partial charge in [-0.15, -0.1) is 11.3 Å². The van der Waals surface area contributed by atoms with Crippen LogP contribution in [0.25, 0.3) is 21.6 Å². The van der Waals surface area contributed by atoms with Gasteiger partial charge in [0.15, 0.2) is 0 Å². The van der Waals surface area contributed by atoms with Gasteiger partial charge in [0, 0.05) is 60.0 Å². The van der Waals surface area contributed by atoms with Crippen LogP contribution in [-0.2, 0) is 4.79 Å². The lowest BCUT2D eigenvalue weighted by atomic mass is 10.0. The molecule has 1 fully saturated rings. The van der Waals surface area contributed by atoms with Crippen molar-refractivity contribution >= 4 is 45.3 Å². The van der Waals surface area contributed by atoms with Crippen molar-refractivity contribution in [2.75, 3.05) is 30.8 Å². The highest BCUT2D eigenvalue weighted by Crippen LogP contribution is 2.35. The van der Waals surface area contributed by atoms with Gasteiger partial charge in [0.2, 0.25) is 5.91 Å². The predicted molar refractivity (Wildman–Crippen MR) is 169 cm³/mol. The lowest BCUT2D eigenvalue weighted by Gasteiger charge is -2.32. The van der Waals surface area contributed by atoms with E-state index in [1.54, 1.807) is 60.0 Å². The average Bonchev–Trinajstić information content (AvgIpc) is 3.48. The van der Waals surface area contributed by atoms with Crippen LogP contribution in [0.15, 0.2) is 73.8 Å². The third-order valence-electron chi connectivity index (χ3n) is 7.30. The van der Waals surface area contributed by atoms with Crippen molar-refractivity contribution in [1.82, 2.24) is 24.8 Å². The van der Waals surface area contributed by atoms with Crippen molar-refractivity contribution < 1.29 is 18.7 Å². The number of piperidine rings is 1. The highest BCUT2D eigenvalue weighted by molar-refractivity contribution is 7.14. The Balaban J connectivity index is 1.20. The van der Waals surface area contributed by atoms with Gasteiger partial charge in [0.25, 0.3) is 0 Å². The summed E-state index contributed by atoms with van der Waals surface area (Å²) in [6.45, 7) is 6.84. The number of aryl methyl sites for hydroxylation is 1. The fourth-order valence-electron chi connectivity index (χ4n) is 5.05. The van der Waals surface area contributed by atoms with Crippen LogP contribution in [-0.4, -0.2) is 57.0 Å². The summed E-state index contributed by atoms with van der Waals surface area (Å²) in [5, 5.41) is 8.14. The van der Waals surface area contributed by atoms with Crippen LogP contribution in [0.2, 0.25) is 0 Å². The number of nitrogens with one attached hydrogen (secondary N) is 2. The number of ether oxygens (including phenoxy) is 2. The Morgan fingerprint density at radius 1 is 1.07 bits per heavy atom. The molecule has 0 spiro atoms. The van der Waals surface area contributed by atoms with E-state index in [1.807, 2.05) is 19.1 Å². The molecule has 0 unspecified atom stereocenters. The van der Waals surface area contributed by atoms with Crippen LogP contribution in [0.4, 0.5) is 21.6 Å². The maximum Gasteiger partial charge on any atom is 0.245 e. The lowest BCUT2D eigenvalue weighted by Crippen LogP contribution is -2.41. The number of rotatable bonds is 9. The van der Waals surface area contributed by atoms with Gasteiger partial charge in [-0.2, -0.15) is 0 Å². The second kappa shape index (κ2) is 12.6. The third-order valence-corrected chi connectivity index (χ3v) is 8.23. The molecule has 0 saturated carbocycles. The van der Waals surface area contributed by atoms with Gasteiger partial charge in [-0.25, -0.2) is 19.3 Å². The number of fused-ring (bicyclic) bond motifs is 1. The summed E-state index contributed by atoms with van der Waals surface area (Å²) in [4.78, 5) is 32.4. The average molecular weight is 612 g/mol. The van der Waals surface area contributed by atoms with Crippen LogP contribution < -0.4 is 20.1 Å². The van der Waals surface area contributed by atoms with E-state index in [-0.39, 0.29) is 17.6 Å². The third kappa shape index (κ3) is 6.30. The highest BCUT2D eigenvalue weighted by Gasteiger charge is 2.23. The van der Waals surface area contributed by atoms with Crippen molar-refractivity contribution in [1.29, 1.82) is 0 Å². The normalized spacial score (nSPS) is 13.5. The second-order valence-corrected chi connectivity index (χ2v) is 11.5. The lowest BCUT2D eigenvalue weighted by molar-refractivity contribution is -0.126. The van der Waals surface area contributed by atoms with Crippen molar-refractivity contribution in [3.05, 3.63) is 84.5 Å². The molecule has 1 aliphatic rings. The number of nitrogens with zero attached hydrogens (tertiary/aromatic N) is 5. The predicted octanol–water partition coefficient (Wildman–Crippen LogP) is 6.73. The number of benzene rings is 2. The summed E-state index contributed by atoms with van der Waals surface area (Å²) < 4.78 is 26.9. The molecule has 1 aliphatic heterocycles. The number of anilines is 3. The number of carbonyl (C=O) groups is 1. The first-order valence-electron chi connectivity index (χ1n) is 14.0. The number of amides is 1. The first kappa shape index (κ1) is 29.0. The monoisotopic (exact) mass is 611 g/mol. The number of pyridine rings is 1. The molecular formula is C32H30FN7O3S. The summed E-state index contributed by atoms with van der Waals surface area (Å²) in [6.07, 6.45) is 7.76. The molecule has 1 amide bonds. The number of hydrogen-bond donors (Lipinski definition) is 2. The summed E-state index contributed by atoms with van der Waals surface area (Å²) in [7, 11) is 1.60. The fraction of sp³-hybridized carbons (Fsp3) is 0.219. The van der Waals surface area contributed by atoms with Gasteiger partial charge < -0.3 is 25.0 Å². The topological polar surface area (TPSA) is 114 Å². The molecule has 10 nitrogen and oxygen atoms in total. The minimum atomic E-state index is -0.508. The molecule has 12 heteroatoms. The zero-order chi connectivity index (χ0) is 30.6. The molecule has 6 rings (SSSR count). The summed E-state index contributed by atoms with van der Waals surface area (Å²) in [5.74, 6) is 1.37. The minimum Gasteiger partial charge on any atom is -0.495 e. The van der Waals surface area contributed by atoms with E-state index >= 15 is 4.39 Å². The fourth-order valence-corrected chi connectivity index (χ4v) is 5.78. The Morgan fingerprint density at radius 2 is 1.89 bits per heavy atom. The smallest absolute Gasteiger partial charge is 0.245 e. The van der Waals surface area contributed by atoms with Crippen LogP contribution in [0, 0.1) is 12.7 Å². The molecular weight excluding hydrogens is 581 g/mol. The molecule has 2 N–H and O–H groups in total. The number of methoxy groups -OCH3 is 1. The second-order valence-electron chi connectivity index (χ2n) is 10.3. The Labute approximate surface area is 257 Å². The van der Waals surface area contributed by atoms with Crippen molar-refractivity contribution in [2.24, 2.45) is 0 Å². The molecule has 4 heterocycles. The first-order valence-corrected chi connectivity index (χ1v) is 14.9. The maximum absolute atomic E-state index is 15.3. The largest absolute Gasteiger partial charge is 0.495 e. The summed E-state index contributed by atoms with van der Waals surface area (Å²) in [5.41, 5.74) is 2.32. The summed E-state index contributed by atoms with van der Waals surface area (Å²) >= 11 is 1.54.